The van der Waals surface area contributed by atoms with Gasteiger partial charge in [0.25, 0.3) is 0 Å². The molecule has 1 amide bonds. The van der Waals surface area contributed by atoms with E-state index in [0.29, 0.717) is 5.92 Å². The summed E-state index contributed by atoms with van der Waals surface area (Å²) in [7, 11) is 0. The molecule has 0 fully saturated rings. The molecule has 0 bridgehead atoms. The molecule has 0 saturated carbocycles. The Labute approximate surface area is 122 Å². The third-order valence-corrected chi connectivity index (χ3v) is 2.99. The summed E-state index contributed by atoms with van der Waals surface area (Å²) in [5.74, 6) is 0.454. The van der Waals surface area contributed by atoms with Crippen LogP contribution in [0.15, 0.2) is 24.3 Å². The quantitative estimate of drug-likeness (QED) is 0.873. The van der Waals surface area contributed by atoms with Crippen molar-refractivity contribution in [3.05, 3.63) is 35.4 Å². The molecule has 2 atom stereocenters. The van der Waals surface area contributed by atoms with Crippen LogP contribution in [0.25, 0.3) is 0 Å². The summed E-state index contributed by atoms with van der Waals surface area (Å²) in [6.07, 6.45) is 0.830. The molecule has 0 aromatic heterocycles. The molecule has 0 heterocycles. The van der Waals surface area contributed by atoms with E-state index in [-0.39, 0.29) is 24.4 Å². The average Bonchev–Trinajstić information content (AvgIpc) is 2.29. The number of nitrogens with one attached hydrogen (secondary N) is 1. The van der Waals surface area contributed by atoms with Gasteiger partial charge in [0, 0.05) is 6.04 Å². The normalized spacial score (nSPS) is 13.6. The maximum absolute atomic E-state index is 11.5. The zero-order valence-electron chi connectivity index (χ0n) is 12.1. The van der Waals surface area contributed by atoms with Crippen molar-refractivity contribution in [1.29, 1.82) is 0 Å². The predicted molar refractivity (Wildman–Crippen MR) is 82.7 cm³/mol. The molecule has 0 spiro atoms. The van der Waals surface area contributed by atoms with Gasteiger partial charge in [0.2, 0.25) is 5.91 Å². The van der Waals surface area contributed by atoms with Crippen molar-refractivity contribution in [2.24, 2.45) is 5.73 Å². The molecule has 0 radical (unpaired) electrons. The molecule has 3 nitrogen and oxygen atoms in total. The van der Waals surface area contributed by atoms with Crippen LogP contribution in [0, 0.1) is 0 Å². The highest BCUT2D eigenvalue weighted by molar-refractivity contribution is 5.85. The molecule has 1 unspecified atom stereocenters. The highest BCUT2D eigenvalue weighted by Crippen LogP contribution is 2.15. The molecule has 1 rings (SSSR count). The first-order valence-electron chi connectivity index (χ1n) is 6.55. The number of nitrogens with two attached hydrogens (primary N) is 1. The summed E-state index contributed by atoms with van der Waals surface area (Å²) in [4.78, 5) is 11.5. The van der Waals surface area contributed by atoms with Crippen molar-refractivity contribution in [2.45, 2.75) is 52.1 Å². The van der Waals surface area contributed by atoms with Gasteiger partial charge in [-0.15, -0.1) is 12.4 Å². The Kier molecular flexibility index (Phi) is 7.72. The molecule has 0 saturated heterocycles. The van der Waals surface area contributed by atoms with Gasteiger partial charge in [0.05, 0.1) is 6.04 Å². The second kappa shape index (κ2) is 8.18. The van der Waals surface area contributed by atoms with Gasteiger partial charge in [-0.2, -0.15) is 0 Å². The predicted octanol–water partition coefficient (Wildman–Crippen LogP) is 2.63. The Morgan fingerprint density at radius 3 is 2.11 bits per heavy atom. The van der Waals surface area contributed by atoms with Gasteiger partial charge < -0.3 is 11.1 Å². The minimum Gasteiger partial charge on any atom is -0.352 e. The van der Waals surface area contributed by atoms with Gasteiger partial charge in [0.15, 0.2) is 0 Å². The van der Waals surface area contributed by atoms with Crippen molar-refractivity contribution < 1.29 is 4.79 Å². The SMILES string of the molecule is CC(Cc1ccc(C(C)C)cc1)NC(=O)[C@@H](C)N.Cl. The molecule has 0 aliphatic carbocycles. The lowest BCUT2D eigenvalue weighted by Crippen LogP contribution is -2.43. The van der Waals surface area contributed by atoms with E-state index in [9.17, 15) is 4.79 Å². The Bertz CT molecular complexity index is 388. The number of rotatable bonds is 5. The molecule has 4 heteroatoms. The van der Waals surface area contributed by atoms with Crippen molar-refractivity contribution >= 4 is 18.3 Å². The van der Waals surface area contributed by atoms with Gasteiger partial charge in [0.1, 0.15) is 0 Å². The molecule has 1 aromatic carbocycles. The van der Waals surface area contributed by atoms with Crippen LogP contribution in [0.4, 0.5) is 0 Å². The lowest BCUT2D eigenvalue weighted by Gasteiger charge is -2.16. The van der Waals surface area contributed by atoms with Crippen molar-refractivity contribution in [3.63, 3.8) is 0 Å². The van der Waals surface area contributed by atoms with E-state index < -0.39 is 6.04 Å². The summed E-state index contributed by atoms with van der Waals surface area (Å²) in [6.45, 7) is 8.05. The van der Waals surface area contributed by atoms with Crippen LogP contribution in [0.1, 0.15) is 44.7 Å². The first kappa shape index (κ1) is 17.9. The van der Waals surface area contributed by atoms with Gasteiger partial charge in [-0.1, -0.05) is 38.1 Å². The average molecular weight is 285 g/mol. The monoisotopic (exact) mass is 284 g/mol. The lowest BCUT2D eigenvalue weighted by molar-refractivity contribution is -0.122. The summed E-state index contributed by atoms with van der Waals surface area (Å²) >= 11 is 0. The van der Waals surface area contributed by atoms with Gasteiger partial charge in [-0.3, -0.25) is 4.79 Å². The largest absolute Gasteiger partial charge is 0.352 e. The van der Waals surface area contributed by atoms with Crippen LogP contribution in [0.3, 0.4) is 0 Å². The molecule has 0 aliphatic rings. The smallest absolute Gasteiger partial charge is 0.236 e. The zero-order chi connectivity index (χ0) is 13.7. The fraction of sp³-hybridized carbons (Fsp3) is 0.533. The van der Waals surface area contributed by atoms with E-state index in [0.717, 1.165) is 6.42 Å². The first-order valence-corrected chi connectivity index (χ1v) is 6.55. The summed E-state index contributed by atoms with van der Waals surface area (Å²) in [6, 6.07) is 8.22. The Morgan fingerprint density at radius 2 is 1.68 bits per heavy atom. The number of carbonyl (C=O) groups excluding carboxylic acids is 1. The zero-order valence-corrected chi connectivity index (χ0v) is 13.0. The van der Waals surface area contributed by atoms with Crippen LogP contribution in [0.2, 0.25) is 0 Å². The standard InChI is InChI=1S/C15H24N2O.ClH/c1-10(2)14-7-5-13(6-8-14)9-11(3)17-15(18)12(4)16;/h5-8,10-12H,9,16H2,1-4H3,(H,17,18);1H/t11?,12-;/m1./s1. The van der Waals surface area contributed by atoms with E-state index in [1.54, 1.807) is 6.92 Å². The van der Waals surface area contributed by atoms with Gasteiger partial charge >= 0.3 is 0 Å². The van der Waals surface area contributed by atoms with E-state index >= 15 is 0 Å². The highest BCUT2D eigenvalue weighted by Gasteiger charge is 2.11. The molecule has 108 valence electrons. The van der Waals surface area contributed by atoms with E-state index in [1.807, 2.05) is 6.92 Å². The van der Waals surface area contributed by atoms with Gasteiger partial charge in [-0.05, 0) is 37.3 Å². The van der Waals surface area contributed by atoms with Crippen LogP contribution in [-0.2, 0) is 11.2 Å². The second-order valence-corrected chi connectivity index (χ2v) is 5.30. The lowest BCUT2D eigenvalue weighted by atomic mass is 9.99. The number of benzene rings is 1. The number of hydrogen-bond donors (Lipinski definition) is 2. The molecule has 19 heavy (non-hydrogen) atoms. The van der Waals surface area contributed by atoms with Crippen molar-refractivity contribution in [2.75, 3.05) is 0 Å². The first-order chi connectivity index (χ1) is 8.40. The number of carbonyl (C=O) groups is 1. The number of halogens is 1. The maximum Gasteiger partial charge on any atom is 0.236 e. The minimum absolute atomic E-state index is 0. The minimum atomic E-state index is -0.448. The number of amides is 1. The van der Waals surface area contributed by atoms with Crippen LogP contribution >= 0.6 is 12.4 Å². The van der Waals surface area contributed by atoms with E-state index in [2.05, 4.69) is 43.4 Å². The fourth-order valence-electron chi connectivity index (χ4n) is 1.82. The Hall–Kier alpha value is -1.06. The number of hydrogen-bond acceptors (Lipinski definition) is 2. The van der Waals surface area contributed by atoms with Crippen LogP contribution in [0.5, 0.6) is 0 Å². The third-order valence-electron chi connectivity index (χ3n) is 2.99. The molecule has 1 aromatic rings. The van der Waals surface area contributed by atoms with E-state index in [4.69, 9.17) is 5.73 Å². The van der Waals surface area contributed by atoms with Crippen LogP contribution in [-0.4, -0.2) is 18.0 Å². The third kappa shape index (κ3) is 6.08. The maximum atomic E-state index is 11.5. The fourth-order valence-corrected chi connectivity index (χ4v) is 1.82. The van der Waals surface area contributed by atoms with E-state index in [1.165, 1.54) is 11.1 Å². The summed E-state index contributed by atoms with van der Waals surface area (Å²) < 4.78 is 0. The van der Waals surface area contributed by atoms with Crippen molar-refractivity contribution in [3.8, 4) is 0 Å². The van der Waals surface area contributed by atoms with Gasteiger partial charge in [-0.25, -0.2) is 0 Å². The molecular weight excluding hydrogens is 260 g/mol. The summed E-state index contributed by atoms with van der Waals surface area (Å²) in [5.41, 5.74) is 8.09. The molecule has 0 aliphatic heterocycles. The molecule has 3 N–H and O–H groups in total. The Morgan fingerprint density at radius 1 is 1.16 bits per heavy atom. The topological polar surface area (TPSA) is 55.1 Å². The summed E-state index contributed by atoms with van der Waals surface area (Å²) in [5, 5.41) is 2.90. The Balaban J connectivity index is 0.00000324. The van der Waals surface area contributed by atoms with Crippen molar-refractivity contribution in [1.82, 2.24) is 5.32 Å². The molecular formula is C15H25ClN2O. The van der Waals surface area contributed by atoms with Crippen LogP contribution < -0.4 is 11.1 Å². The second-order valence-electron chi connectivity index (χ2n) is 5.30. The highest BCUT2D eigenvalue weighted by atomic mass is 35.5.